The molecule has 0 saturated carbocycles. The van der Waals surface area contributed by atoms with Gasteiger partial charge in [0.05, 0.1) is 18.5 Å². The largest absolute Gasteiger partial charge is 0.384 e. The maximum Gasteiger partial charge on any atom is 0.155 e. The van der Waals surface area contributed by atoms with Crippen molar-refractivity contribution in [3.8, 4) is 0 Å². The highest BCUT2D eigenvalue weighted by Gasteiger charge is 2.39. The number of hydrogen-bond acceptors (Lipinski definition) is 4. The van der Waals surface area contributed by atoms with Crippen molar-refractivity contribution in [1.82, 2.24) is 14.6 Å². The van der Waals surface area contributed by atoms with Crippen LogP contribution in [0.15, 0.2) is 18.3 Å². The Morgan fingerprint density at radius 3 is 2.94 bits per heavy atom. The number of anilines is 1. The Morgan fingerprint density at radius 2 is 2.22 bits per heavy atom. The van der Waals surface area contributed by atoms with E-state index in [2.05, 4.69) is 30.3 Å². The predicted octanol–water partition coefficient (Wildman–Crippen LogP) is 1.12. The topological polar surface area (TPSA) is 42.7 Å². The number of nitrogens with zero attached hydrogens (tertiary/aromatic N) is 4. The van der Waals surface area contributed by atoms with Crippen LogP contribution in [-0.4, -0.2) is 46.6 Å². The highest BCUT2D eigenvalue weighted by molar-refractivity contribution is 7.19. The van der Waals surface area contributed by atoms with Crippen LogP contribution in [0.3, 0.4) is 0 Å². The molecule has 6 heteroatoms. The molecule has 96 valence electrons. The highest BCUT2D eigenvalue weighted by atomic mass is 31.0. The molecule has 1 aliphatic heterocycles. The predicted molar refractivity (Wildman–Crippen MR) is 74.3 cm³/mol. The number of rotatable bonds is 3. The van der Waals surface area contributed by atoms with Crippen LogP contribution in [0.5, 0.6) is 0 Å². The van der Waals surface area contributed by atoms with Crippen LogP contribution in [0.25, 0.3) is 5.65 Å². The molecule has 0 N–H and O–H groups in total. The van der Waals surface area contributed by atoms with Crippen LogP contribution >= 0.6 is 9.24 Å². The fourth-order valence-electron chi connectivity index (χ4n) is 2.45. The summed E-state index contributed by atoms with van der Waals surface area (Å²) in [7, 11) is 4.65. The van der Waals surface area contributed by atoms with Crippen LogP contribution in [0.4, 0.5) is 5.69 Å². The number of methoxy groups -OCH3 is 1. The molecule has 0 radical (unpaired) electrons. The van der Waals surface area contributed by atoms with Crippen molar-refractivity contribution in [1.29, 1.82) is 0 Å². The molecule has 3 heterocycles. The number of hydrogen-bond donors (Lipinski definition) is 0. The van der Waals surface area contributed by atoms with Crippen LogP contribution < -0.4 is 4.90 Å². The summed E-state index contributed by atoms with van der Waals surface area (Å²) < 4.78 is 7.07. The Kier molecular flexibility index (Phi) is 2.76. The number of aryl methyl sites for hydroxylation is 1. The summed E-state index contributed by atoms with van der Waals surface area (Å²) in [6.45, 7) is 4.66. The van der Waals surface area contributed by atoms with Gasteiger partial charge >= 0.3 is 0 Å². The monoisotopic (exact) mass is 264 g/mol. The molecule has 0 bridgehead atoms. The first-order valence-electron chi connectivity index (χ1n) is 5.95. The molecule has 2 aromatic heterocycles. The van der Waals surface area contributed by atoms with Gasteiger partial charge in [-0.1, -0.05) is 0 Å². The van der Waals surface area contributed by atoms with E-state index in [1.165, 1.54) is 5.69 Å². The van der Waals surface area contributed by atoms with E-state index < -0.39 is 0 Å². The molecule has 18 heavy (non-hydrogen) atoms. The molecule has 0 aromatic carbocycles. The summed E-state index contributed by atoms with van der Waals surface area (Å²) in [6, 6.07) is 4.11. The second kappa shape index (κ2) is 4.18. The Hall–Kier alpha value is -1.19. The molecule has 0 aliphatic carbocycles. The van der Waals surface area contributed by atoms with E-state index in [0.717, 1.165) is 31.2 Å². The van der Waals surface area contributed by atoms with Crippen molar-refractivity contribution in [3.63, 3.8) is 0 Å². The van der Waals surface area contributed by atoms with Gasteiger partial charge in [-0.3, -0.25) is 0 Å². The number of ether oxygens (including phenoxy) is 1. The third-order valence-electron chi connectivity index (χ3n) is 3.23. The van der Waals surface area contributed by atoms with Crippen molar-refractivity contribution in [2.45, 2.75) is 12.1 Å². The molecule has 5 nitrogen and oxygen atoms in total. The third-order valence-corrected chi connectivity index (χ3v) is 3.76. The first kappa shape index (κ1) is 11.9. The van der Waals surface area contributed by atoms with Gasteiger partial charge in [0.1, 0.15) is 5.82 Å². The zero-order valence-electron chi connectivity index (χ0n) is 10.6. The molecule has 1 unspecified atom stereocenters. The van der Waals surface area contributed by atoms with E-state index in [1.54, 1.807) is 7.11 Å². The average Bonchev–Trinajstić information content (AvgIpc) is 2.65. The van der Waals surface area contributed by atoms with Crippen molar-refractivity contribution >= 4 is 20.6 Å². The third kappa shape index (κ3) is 1.98. The zero-order chi connectivity index (χ0) is 12.8. The quantitative estimate of drug-likeness (QED) is 0.779. The molecule has 1 fully saturated rings. The lowest BCUT2D eigenvalue weighted by molar-refractivity contribution is 0.154. The molecule has 1 atom stereocenters. The normalized spacial score (nSPS) is 18.1. The van der Waals surface area contributed by atoms with Crippen molar-refractivity contribution < 1.29 is 4.74 Å². The molecule has 1 aliphatic rings. The van der Waals surface area contributed by atoms with Crippen LogP contribution in [-0.2, 0) is 4.74 Å². The lowest BCUT2D eigenvalue weighted by Gasteiger charge is -2.48. The summed E-state index contributed by atoms with van der Waals surface area (Å²) in [5, 5.41) is 4.53. The SMILES string of the molecule is COCC1(P)CN(c2ccc3nc(C)nn3c2)C1. The van der Waals surface area contributed by atoms with Gasteiger partial charge in [-0.2, -0.15) is 5.10 Å². The van der Waals surface area contributed by atoms with Crippen LogP contribution in [0.1, 0.15) is 5.82 Å². The fourth-order valence-corrected chi connectivity index (χ4v) is 3.05. The molecule has 0 amide bonds. The van der Waals surface area contributed by atoms with Gasteiger partial charge in [0, 0.05) is 25.4 Å². The lowest BCUT2D eigenvalue weighted by Crippen LogP contribution is -2.60. The van der Waals surface area contributed by atoms with Gasteiger partial charge in [-0.25, -0.2) is 9.50 Å². The Bertz CT molecular complexity index is 576. The van der Waals surface area contributed by atoms with Crippen molar-refractivity contribution in [2.75, 3.05) is 31.7 Å². The molecular weight excluding hydrogens is 247 g/mol. The first-order valence-corrected chi connectivity index (χ1v) is 6.53. The molecule has 0 spiro atoms. The van der Waals surface area contributed by atoms with Crippen LogP contribution in [0.2, 0.25) is 0 Å². The molecule has 3 rings (SSSR count). The van der Waals surface area contributed by atoms with Gasteiger partial charge in [0.15, 0.2) is 5.65 Å². The van der Waals surface area contributed by atoms with E-state index in [9.17, 15) is 0 Å². The Morgan fingerprint density at radius 1 is 1.44 bits per heavy atom. The Balaban J connectivity index is 1.80. The summed E-state index contributed by atoms with van der Waals surface area (Å²) in [5.41, 5.74) is 2.08. The smallest absolute Gasteiger partial charge is 0.155 e. The van der Waals surface area contributed by atoms with E-state index in [4.69, 9.17) is 4.74 Å². The van der Waals surface area contributed by atoms with Gasteiger partial charge in [-0.05, 0) is 19.1 Å². The zero-order valence-corrected chi connectivity index (χ0v) is 11.8. The standard InChI is InChI=1S/C12H17N4OP/c1-9-13-11-4-3-10(5-16(11)14-9)15-6-12(18,7-15)8-17-2/h3-5H,6-8,18H2,1-2H3. The van der Waals surface area contributed by atoms with Gasteiger partial charge in [0.2, 0.25) is 0 Å². The maximum absolute atomic E-state index is 5.23. The second-order valence-electron chi connectivity index (χ2n) is 5.00. The highest BCUT2D eigenvalue weighted by Crippen LogP contribution is 2.34. The maximum atomic E-state index is 5.23. The van der Waals surface area contributed by atoms with E-state index in [0.29, 0.717) is 0 Å². The van der Waals surface area contributed by atoms with Gasteiger partial charge in [-0.15, -0.1) is 9.24 Å². The lowest BCUT2D eigenvalue weighted by atomic mass is 9.99. The van der Waals surface area contributed by atoms with Gasteiger partial charge < -0.3 is 9.64 Å². The van der Waals surface area contributed by atoms with Crippen molar-refractivity contribution in [2.24, 2.45) is 0 Å². The average molecular weight is 264 g/mol. The summed E-state index contributed by atoms with van der Waals surface area (Å²) >= 11 is 0. The van der Waals surface area contributed by atoms with E-state index in [1.807, 2.05) is 23.7 Å². The summed E-state index contributed by atoms with van der Waals surface area (Å²) in [4.78, 5) is 6.65. The minimum Gasteiger partial charge on any atom is -0.384 e. The van der Waals surface area contributed by atoms with Gasteiger partial charge in [0.25, 0.3) is 0 Å². The number of fused-ring (bicyclic) bond motifs is 1. The summed E-state index contributed by atoms with van der Waals surface area (Å²) in [6.07, 6.45) is 2.03. The van der Waals surface area contributed by atoms with Crippen molar-refractivity contribution in [3.05, 3.63) is 24.2 Å². The van der Waals surface area contributed by atoms with E-state index in [-0.39, 0.29) is 5.16 Å². The molecule has 1 saturated heterocycles. The minimum absolute atomic E-state index is 0.196. The van der Waals surface area contributed by atoms with Crippen LogP contribution in [0, 0.1) is 6.92 Å². The number of aromatic nitrogens is 3. The van der Waals surface area contributed by atoms with E-state index >= 15 is 0 Å². The first-order chi connectivity index (χ1) is 8.59. The minimum atomic E-state index is 0.196. The fraction of sp³-hybridized carbons (Fsp3) is 0.500. The molecular formula is C12H17N4OP. The Labute approximate surface area is 108 Å². The molecule has 2 aromatic rings. The summed E-state index contributed by atoms with van der Waals surface area (Å²) in [5.74, 6) is 0.801. The second-order valence-corrected chi connectivity index (χ2v) is 6.23. The number of pyridine rings is 1.